The van der Waals surface area contributed by atoms with E-state index in [2.05, 4.69) is 15.5 Å². The van der Waals surface area contributed by atoms with E-state index in [1.54, 1.807) is 17.9 Å². The molecule has 1 atom stereocenters. The molecule has 0 aliphatic carbocycles. The third kappa shape index (κ3) is 4.14. The topological polar surface area (TPSA) is 88.3 Å². The van der Waals surface area contributed by atoms with Crippen molar-refractivity contribution in [3.63, 3.8) is 0 Å². The first-order valence-electron chi connectivity index (χ1n) is 10.0. The molecule has 4 rings (SSSR count). The molecule has 0 spiro atoms. The average Bonchev–Trinajstić information content (AvgIpc) is 3.32. The molecule has 156 valence electrons. The molecule has 0 bridgehead atoms. The van der Waals surface area contributed by atoms with Crippen LogP contribution in [-0.4, -0.2) is 39.5 Å². The van der Waals surface area contributed by atoms with Crippen molar-refractivity contribution in [2.24, 2.45) is 0 Å². The third-order valence-electron chi connectivity index (χ3n) is 5.24. The van der Waals surface area contributed by atoms with Crippen LogP contribution in [0.4, 0.5) is 5.69 Å². The lowest BCUT2D eigenvalue weighted by Crippen LogP contribution is -2.50. The molecule has 1 aromatic carbocycles. The molecule has 30 heavy (non-hydrogen) atoms. The van der Waals surface area contributed by atoms with Gasteiger partial charge < -0.3 is 14.6 Å². The van der Waals surface area contributed by atoms with Crippen LogP contribution >= 0.6 is 11.3 Å². The van der Waals surface area contributed by atoms with Crippen molar-refractivity contribution in [3.05, 3.63) is 52.4 Å². The Bertz CT molecular complexity index is 1090. The summed E-state index contributed by atoms with van der Waals surface area (Å²) in [6, 6.07) is 8.78. The lowest BCUT2D eigenvalue weighted by atomic mass is 10.00. The molecule has 2 amide bonds. The Morgan fingerprint density at radius 3 is 2.70 bits per heavy atom. The normalized spacial score (nSPS) is 16.5. The Balaban J connectivity index is 1.53. The number of hydrogen-bond donors (Lipinski definition) is 1. The lowest BCUT2D eigenvalue weighted by Gasteiger charge is -2.34. The van der Waals surface area contributed by atoms with Gasteiger partial charge >= 0.3 is 0 Å². The number of anilines is 1. The summed E-state index contributed by atoms with van der Waals surface area (Å²) >= 11 is 1.51. The molecule has 8 heteroatoms. The molecular formula is C22H24N4O3S. The van der Waals surface area contributed by atoms with E-state index in [4.69, 9.17) is 4.42 Å². The maximum Gasteiger partial charge on any atom is 0.258 e. The summed E-state index contributed by atoms with van der Waals surface area (Å²) in [5, 5.41) is 12.9. The number of aryl methyl sites for hydroxylation is 3. The zero-order chi connectivity index (χ0) is 21.3. The molecule has 0 unspecified atom stereocenters. The number of likely N-dealkylation sites (tertiary alicyclic amines) is 1. The highest BCUT2D eigenvalue weighted by Gasteiger charge is 2.34. The molecular weight excluding hydrogens is 400 g/mol. The molecule has 1 fully saturated rings. The highest BCUT2D eigenvalue weighted by atomic mass is 32.1. The maximum atomic E-state index is 13.1. The smallest absolute Gasteiger partial charge is 0.258 e. The Morgan fingerprint density at radius 2 is 2.00 bits per heavy atom. The largest absolute Gasteiger partial charge is 0.466 e. The van der Waals surface area contributed by atoms with Gasteiger partial charge in [-0.2, -0.15) is 0 Å². The molecule has 2 aromatic heterocycles. The number of amides is 2. The number of hydrogen-bond acceptors (Lipinski definition) is 6. The van der Waals surface area contributed by atoms with E-state index >= 15 is 0 Å². The van der Waals surface area contributed by atoms with Gasteiger partial charge in [0.05, 0.1) is 5.56 Å². The summed E-state index contributed by atoms with van der Waals surface area (Å²) in [7, 11) is 0. The Morgan fingerprint density at radius 1 is 1.17 bits per heavy atom. The number of carbonyl (C=O) groups excluding carboxylic acids is 2. The molecule has 1 N–H and O–H groups in total. The van der Waals surface area contributed by atoms with Crippen LogP contribution < -0.4 is 5.32 Å². The van der Waals surface area contributed by atoms with Crippen molar-refractivity contribution >= 4 is 28.8 Å². The van der Waals surface area contributed by atoms with Crippen molar-refractivity contribution in [1.82, 2.24) is 15.1 Å². The van der Waals surface area contributed by atoms with Crippen LogP contribution in [-0.2, 0) is 4.79 Å². The van der Waals surface area contributed by atoms with E-state index in [-0.39, 0.29) is 11.8 Å². The van der Waals surface area contributed by atoms with Gasteiger partial charge in [0.2, 0.25) is 5.91 Å². The van der Waals surface area contributed by atoms with Gasteiger partial charge in [0.15, 0.2) is 0 Å². The van der Waals surface area contributed by atoms with Crippen LogP contribution in [0.1, 0.15) is 46.1 Å². The fourth-order valence-corrected chi connectivity index (χ4v) is 4.50. The van der Waals surface area contributed by atoms with E-state index in [1.165, 1.54) is 11.3 Å². The van der Waals surface area contributed by atoms with Gasteiger partial charge in [-0.3, -0.25) is 9.59 Å². The number of furan rings is 1. The summed E-state index contributed by atoms with van der Waals surface area (Å²) in [5.41, 5.74) is 2.11. The van der Waals surface area contributed by atoms with E-state index in [9.17, 15) is 9.59 Å². The van der Waals surface area contributed by atoms with Crippen molar-refractivity contribution in [2.75, 3.05) is 11.9 Å². The van der Waals surface area contributed by atoms with Gasteiger partial charge in [0, 0.05) is 17.8 Å². The van der Waals surface area contributed by atoms with Gasteiger partial charge in [-0.1, -0.05) is 23.5 Å². The number of piperidine rings is 1. The number of benzene rings is 1. The minimum atomic E-state index is -0.506. The average molecular weight is 425 g/mol. The molecule has 0 saturated carbocycles. The van der Waals surface area contributed by atoms with Crippen LogP contribution in [0, 0.1) is 20.8 Å². The van der Waals surface area contributed by atoms with E-state index < -0.39 is 6.04 Å². The van der Waals surface area contributed by atoms with E-state index in [1.807, 2.05) is 38.1 Å². The summed E-state index contributed by atoms with van der Waals surface area (Å²) in [6.45, 7) is 6.06. The minimum Gasteiger partial charge on any atom is -0.466 e. The van der Waals surface area contributed by atoms with Crippen LogP contribution in [0.3, 0.4) is 0 Å². The predicted octanol–water partition coefficient (Wildman–Crippen LogP) is 4.36. The summed E-state index contributed by atoms with van der Waals surface area (Å²) in [6.07, 6.45) is 2.44. The molecule has 7 nitrogen and oxygen atoms in total. The molecule has 1 saturated heterocycles. The second kappa shape index (κ2) is 8.39. The number of aromatic nitrogens is 2. The van der Waals surface area contributed by atoms with Gasteiger partial charge in [-0.05, 0) is 58.2 Å². The lowest BCUT2D eigenvalue weighted by molar-refractivity contribution is -0.121. The van der Waals surface area contributed by atoms with Gasteiger partial charge in [0.25, 0.3) is 5.91 Å². The van der Waals surface area contributed by atoms with Crippen molar-refractivity contribution < 1.29 is 14.0 Å². The first-order chi connectivity index (χ1) is 14.4. The second-order valence-corrected chi connectivity index (χ2v) is 8.71. The van der Waals surface area contributed by atoms with Crippen molar-refractivity contribution in [3.8, 4) is 10.6 Å². The fraction of sp³-hybridized carbons (Fsp3) is 0.364. The summed E-state index contributed by atoms with van der Waals surface area (Å²) in [4.78, 5) is 27.9. The zero-order valence-electron chi connectivity index (χ0n) is 17.3. The minimum absolute atomic E-state index is 0.151. The van der Waals surface area contributed by atoms with Crippen molar-refractivity contribution in [1.29, 1.82) is 0 Å². The summed E-state index contributed by atoms with van der Waals surface area (Å²) < 4.78 is 5.52. The quantitative estimate of drug-likeness (QED) is 0.672. The van der Waals surface area contributed by atoms with Gasteiger partial charge in [-0.25, -0.2) is 0 Å². The number of nitrogens with one attached hydrogen (secondary N) is 1. The molecule has 3 heterocycles. The van der Waals surface area contributed by atoms with Crippen LogP contribution in [0.5, 0.6) is 0 Å². The molecule has 1 aliphatic rings. The standard InChI is InChI=1S/C22H24N4O3S/c1-13-11-18(14(2)29-13)22(28)26-10-5-4-9-19(26)20(27)23-17-8-6-7-16(12-17)21-25-24-15(3)30-21/h6-8,11-12,19H,4-5,9-10H2,1-3H3,(H,23,27)/t19-/m1/s1. The zero-order valence-corrected chi connectivity index (χ0v) is 18.1. The highest BCUT2D eigenvalue weighted by molar-refractivity contribution is 7.14. The van der Waals surface area contributed by atoms with Crippen LogP contribution in [0.25, 0.3) is 10.6 Å². The SMILES string of the molecule is Cc1cc(C(=O)N2CCCC[C@@H]2C(=O)Nc2cccc(-c3nnc(C)s3)c2)c(C)o1. The molecule has 1 aliphatic heterocycles. The first-order valence-corrected chi connectivity index (χ1v) is 10.8. The fourth-order valence-electron chi connectivity index (χ4n) is 3.81. The Hall–Kier alpha value is -3.00. The molecule has 0 radical (unpaired) electrons. The number of rotatable bonds is 4. The van der Waals surface area contributed by atoms with Gasteiger partial charge in [0.1, 0.15) is 27.6 Å². The predicted molar refractivity (Wildman–Crippen MR) is 116 cm³/mol. The monoisotopic (exact) mass is 424 g/mol. The van der Waals surface area contributed by atoms with Crippen LogP contribution in [0.2, 0.25) is 0 Å². The Labute approximate surface area is 179 Å². The van der Waals surface area contributed by atoms with Crippen LogP contribution in [0.15, 0.2) is 34.7 Å². The van der Waals surface area contributed by atoms with Crippen molar-refractivity contribution in [2.45, 2.75) is 46.1 Å². The second-order valence-electron chi connectivity index (χ2n) is 7.53. The summed E-state index contributed by atoms with van der Waals surface area (Å²) in [5.74, 6) is 0.952. The Kier molecular flexibility index (Phi) is 5.67. The van der Waals surface area contributed by atoms with Gasteiger partial charge in [-0.15, -0.1) is 10.2 Å². The highest BCUT2D eigenvalue weighted by Crippen LogP contribution is 2.27. The maximum absolute atomic E-state index is 13.1. The number of nitrogens with zero attached hydrogens (tertiary/aromatic N) is 3. The van der Waals surface area contributed by atoms with E-state index in [0.29, 0.717) is 35.7 Å². The third-order valence-corrected chi connectivity index (χ3v) is 6.13. The molecule has 3 aromatic rings. The van der Waals surface area contributed by atoms with E-state index in [0.717, 1.165) is 28.4 Å². The first kappa shape index (κ1) is 20.3. The number of carbonyl (C=O) groups is 2.